The van der Waals surface area contributed by atoms with E-state index in [4.69, 9.17) is 4.74 Å². The topological polar surface area (TPSA) is 21.3 Å². The predicted molar refractivity (Wildman–Crippen MR) is 47.8 cm³/mol. The van der Waals surface area contributed by atoms with Crippen molar-refractivity contribution in [2.75, 3.05) is 13.7 Å². The van der Waals surface area contributed by atoms with Gasteiger partial charge in [-0.05, 0) is 18.7 Å². The molecule has 0 bridgehead atoms. The molecule has 0 fully saturated rings. The number of fused-ring (bicyclic) bond motifs is 1. The zero-order chi connectivity index (χ0) is 10.1. The summed E-state index contributed by atoms with van der Waals surface area (Å²) in [5, 5.41) is 2.99. The molecule has 0 saturated carbocycles. The van der Waals surface area contributed by atoms with Gasteiger partial charge >= 0.3 is 0 Å². The van der Waals surface area contributed by atoms with Crippen LogP contribution in [0, 0.1) is 11.6 Å². The third kappa shape index (κ3) is 1.40. The van der Waals surface area contributed by atoms with Crippen molar-refractivity contribution in [3.8, 4) is 0 Å². The zero-order valence-electron chi connectivity index (χ0n) is 7.81. The second-order valence-electron chi connectivity index (χ2n) is 3.29. The summed E-state index contributed by atoms with van der Waals surface area (Å²) in [6, 6.07) is 2.72. The van der Waals surface area contributed by atoms with Crippen LogP contribution in [-0.2, 0) is 11.3 Å². The van der Waals surface area contributed by atoms with E-state index in [0.717, 1.165) is 11.6 Å². The van der Waals surface area contributed by atoms with Crippen LogP contribution in [0.3, 0.4) is 0 Å². The van der Waals surface area contributed by atoms with Crippen molar-refractivity contribution >= 4 is 0 Å². The van der Waals surface area contributed by atoms with Gasteiger partial charge in [0.05, 0.1) is 19.3 Å². The lowest BCUT2D eigenvalue weighted by Gasteiger charge is -2.25. The average molecular weight is 199 g/mol. The van der Waals surface area contributed by atoms with Gasteiger partial charge in [0.2, 0.25) is 0 Å². The Morgan fingerprint density at radius 2 is 2.21 bits per heavy atom. The van der Waals surface area contributed by atoms with E-state index in [1.807, 2.05) is 0 Å². The van der Waals surface area contributed by atoms with Crippen LogP contribution in [0.4, 0.5) is 8.78 Å². The molecule has 1 N–H and O–H groups in total. The molecule has 1 aromatic rings. The molecule has 1 unspecified atom stereocenters. The number of ether oxygens (including phenoxy) is 1. The van der Waals surface area contributed by atoms with Crippen LogP contribution in [0.1, 0.15) is 17.2 Å². The van der Waals surface area contributed by atoms with E-state index in [1.165, 1.54) is 0 Å². The third-order valence-corrected chi connectivity index (χ3v) is 2.49. The molecule has 76 valence electrons. The van der Waals surface area contributed by atoms with Gasteiger partial charge in [0, 0.05) is 5.56 Å². The minimum atomic E-state index is -0.816. The Morgan fingerprint density at radius 1 is 1.43 bits per heavy atom. The van der Waals surface area contributed by atoms with Gasteiger partial charge in [-0.1, -0.05) is 6.07 Å². The van der Waals surface area contributed by atoms with Crippen LogP contribution < -0.4 is 5.32 Å². The van der Waals surface area contributed by atoms with Crippen molar-refractivity contribution in [3.05, 3.63) is 34.9 Å². The summed E-state index contributed by atoms with van der Waals surface area (Å²) in [6.45, 7) is 0.645. The fraction of sp³-hybridized carbons (Fsp3) is 0.400. The SMILES string of the molecule is CNC1COCc2c1ccc(F)c2F. The number of hydrogen-bond donors (Lipinski definition) is 1. The maximum absolute atomic E-state index is 13.3. The van der Waals surface area contributed by atoms with E-state index >= 15 is 0 Å². The van der Waals surface area contributed by atoms with Crippen LogP contribution in [0.5, 0.6) is 0 Å². The number of likely N-dealkylation sites (N-methyl/N-ethyl adjacent to an activating group) is 1. The van der Waals surface area contributed by atoms with Crippen LogP contribution in [0.25, 0.3) is 0 Å². The Labute approximate surface area is 80.9 Å². The normalized spacial score (nSPS) is 20.6. The quantitative estimate of drug-likeness (QED) is 0.744. The maximum atomic E-state index is 13.3. The molecule has 0 radical (unpaired) electrons. The summed E-state index contributed by atoms with van der Waals surface area (Å²) in [4.78, 5) is 0. The summed E-state index contributed by atoms with van der Waals surface area (Å²) in [6.07, 6.45) is 0. The van der Waals surface area contributed by atoms with E-state index in [0.29, 0.717) is 12.2 Å². The molecule has 4 heteroatoms. The first-order chi connectivity index (χ1) is 6.74. The summed E-state index contributed by atoms with van der Waals surface area (Å²) in [7, 11) is 1.77. The Balaban J connectivity index is 2.50. The number of hydrogen-bond acceptors (Lipinski definition) is 2. The Hall–Kier alpha value is -1.00. The van der Waals surface area contributed by atoms with Gasteiger partial charge in [0.25, 0.3) is 0 Å². The Bertz CT molecular complexity index is 354. The summed E-state index contributed by atoms with van der Waals surface area (Å²) >= 11 is 0. The Morgan fingerprint density at radius 3 is 2.93 bits per heavy atom. The first-order valence-electron chi connectivity index (χ1n) is 4.46. The second kappa shape index (κ2) is 3.63. The van der Waals surface area contributed by atoms with Gasteiger partial charge in [-0.15, -0.1) is 0 Å². The predicted octanol–water partition coefficient (Wildman–Crippen LogP) is 1.76. The molecule has 0 aromatic heterocycles. The Kier molecular flexibility index (Phi) is 2.48. The molecule has 0 aliphatic carbocycles. The van der Waals surface area contributed by atoms with Crippen LogP contribution in [0.15, 0.2) is 12.1 Å². The van der Waals surface area contributed by atoms with Gasteiger partial charge in [-0.25, -0.2) is 8.78 Å². The van der Waals surface area contributed by atoms with Crippen molar-refractivity contribution in [2.24, 2.45) is 0 Å². The molecule has 0 amide bonds. The van der Waals surface area contributed by atoms with Crippen molar-refractivity contribution in [3.63, 3.8) is 0 Å². The molecular formula is C10H11F2NO. The number of nitrogens with one attached hydrogen (secondary N) is 1. The fourth-order valence-corrected chi connectivity index (χ4v) is 1.69. The van der Waals surface area contributed by atoms with Gasteiger partial charge in [0.1, 0.15) is 0 Å². The second-order valence-corrected chi connectivity index (χ2v) is 3.29. The van der Waals surface area contributed by atoms with E-state index in [1.54, 1.807) is 13.1 Å². The fourth-order valence-electron chi connectivity index (χ4n) is 1.69. The van der Waals surface area contributed by atoms with E-state index < -0.39 is 11.6 Å². The third-order valence-electron chi connectivity index (χ3n) is 2.49. The molecule has 14 heavy (non-hydrogen) atoms. The minimum absolute atomic E-state index is 0.0474. The molecule has 1 aliphatic heterocycles. The minimum Gasteiger partial charge on any atom is -0.375 e. The molecule has 0 saturated heterocycles. The highest BCUT2D eigenvalue weighted by Crippen LogP contribution is 2.27. The van der Waals surface area contributed by atoms with E-state index in [9.17, 15) is 8.78 Å². The first kappa shape index (κ1) is 9.55. The van der Waals surface area contributed by atoms with Crippen molar-refractivity contribution in [1.82, 2.24) is 5.32 Å². The molecule has 1 aromatic carbocycles. The zero-order valence-corrected chi connectivity index (χ0v) is 7.81. The van der Waals surface area contributed by atoms with Crippen LogP contribution in [0.2, 0.25) is 0 Å². The van der Waals surface area contributed by atoms with Crippen LogP contribution >= 0.6 is 0 Å². The summed E-state index contributed by atoms with van der Waals surface area (Å²) < 4.78 is 31.4. The lowest BCUT2D eigenvalue weighted by molar-refractivity contribution is 0.0810. The van der Waals surface area contributed by atoms with E-state index in [-0.39, 0.29) is 12.6 Å². The van der Waals surface area contributed by atoms with Crippen molar-refractivity contribution in [2.45, 2.75) is 12.6 Å². The van der Waals surface area contributed by atoms with Gasteiger partial charge in [0.15, 0.2) is 11.6 Å². The van der Waals surface area contributed by atoms with Gasteiger partial charge < -0.3 is 10.1 Å². The monoisotopic (exact) mass is 199 g/mol. The largest absolute Gasteiger partial charge is 0.375 e. The van der Waals surface area contributed by atoms with Gasteiger partial charge in [-0.2, -0.15) is 0 Å². The smallest absolute Gasteiger partial charge is 0.164 e. The molecule has 2 rings (SSSR count). The number of rotatable bonds is 1. The summed E-state index contributed by atoms with van der Waals surface area (Å²) in [5.41, 5.74) is 1.12. The van der Waals surface area contributed by atoms with Crippen molar-refractivity contribution in [1.29, 1.82) is 0 Å². The molecule has 1 aliphatic rings. The number of halogens is 2. The number of benzene rings is 1. The first-order valence-corrected chi connectivity index (χ1v) is 4.46. The molecule has 1 atom stereocenters. The molecular weight excluding hydrogens is 188 g/mol. The molecule has 1 heterocycles. The lowest BCUT2D eigenvalue weighted by Crippen LogP contribution is -2.27. The van der Waals surface area contributed by atoms with Gasteiger partial charge in [-0.3, -0.25) is 0 Å². The average Bonchev–Trinajstić information content (AvgIpc) is 2.23. The highest BCUT2D eigenvalue weighted by atomic mass is 19.2. The maximum Gasteiger partial charge on any atom is 0.164 e. The molecule has 0 spiro atoms. The standard InChI is InChI=1S/C10H11F2NO/c1-13-9-5-14-4-7-6(9)2-3-8(11)10(7)12/h2-3,9,13H,4-5H2,1H3. The van der Waals surface area contributed by atoms with Crippen molar-refractivity contribution < 1.29 is 13.5 Å². The highest BCUT2D eigenvalue weighted by Gasteiger charge is 2.23. The lowest BCUT2D eigenvalue weighted by atomic mass is 9.98. The van der Waals surface area contributed by atoms with Crippen LogP contribution in [-0.4, -0.2) is 13.7 Å². The summed E-state index contributed by atoms with van der Waals surface area (Å²) in [5.74, 6) is -1.61. The molecule has 2 nitrogen and oxygen atoms in total. The van der Waals surface area contributed by atoms with E-state index in [2.05, 4.69) is 5.32 Å². The highest BCUT2D eigenvalue weighted by molar-refractivity contribution is 5.33.